The average molecular weight is 244 g/mol. The first-order valence-corrected chi connectivity index (χ1v) is 7.27. The van der Waals surface area contributed by atoms with Crippen molar-refractivity contribution in [3.63, 3.8) is 0 Å². The Kier molecular flexibility index (Phi) is 3.16. The minimum absolute atomic E-state index is 0.228. The van der Waals surface area contributed by atoms with Crippen LogP contribution in [-0.4, -0.2) is 17.5 Å². The maximum atomic E-state index is 6.29. The predicted molar refractivity (Wildman–Crippen MR) is 75.3 cm³/mol. The van der Waals surface area contributed by atoms with Gasteiger partial charge < -0.3 is 5.73 Å². The molecule has 0 bridgehead atoms. The molecule has 3 rings (SSSR count). The van der Waals surface area contributed by atoms with E-state index in [1.807, 2.05) is 0 Å². The molecule has 1 aromatic carbocycles. The topological polar surface area (TPSA) is 29.3 Å². The van der Waals surface area contributed by atoms with Crippen molar-refractivity contribution in [2.75, 3.05) is 6.54 Å². The van der Waals surface area contributed by atoms with E-state index in [1.54, 1.807) is 0 Å². The van der Waals surface area contributed by atoms with Crippen LogP contribution in [0, 0.1) is 5.92 Å². The molecule has 1 saturated carbocycles. The molecule has 0 amide bonds. The van der Waals surface area contributed by atoms with Crippen molar-refractivity contribution in [2.24, 2.45) is 11.7 Å². The maximum absolute atomic E-state index is 6.29. The Balaban J connectivity index is 1.86. The fourth-order valence-corrected chi connectivity index (χ4v) is 3.26. The van der Waals surface area contributed by atoms with Crippen molar-refractivity contribution in [3.8, 4) is 0 Å². The van der Waals surface area contributed by atoms with Gasteiger partial charge in [0.15, 0.2) is 0 Å². The molecule has 0 heterocycles. The van der Waals surface area contributed by atoms with Gasteiger partial charge in [-0.25, -0.2) is 0 Å². The fraction of sp³-hybridized carbons (Fsp3) is 0.625. The lowest BCUT2D eigenvalue weighted by atomic mass is 10.0. The Morgan fingerprint density at radius 1 is 1.22 bits per heavy atom. The molecular formula is C16H24N2. The Morgan fingerprint density at radius 3 is 2.50 bits per heavy atom. The van der Waals surface area contributed by atoms with Crippen molar-refractivity contribution < 1.29 is 0 Å². The van der Waals surface area contributed by atoms with Crippen LogP contribution in [0.25, 0.3) is 0 Å². The van der Waals surface area contributed by atoms with Crippen molar-refractivity contribution in [2.45, 2.75) is 51.2 Å². The Bertz CT molecular complexity index is 423. The standard InChI is InChI=1S/C16H24N2/c1-11(2)18(10-12-7-8-12)16-9-15(17)13-5-3-4-6-14(13)16/h3-6,11-12,15-16H,7-10,17H2,1-2H3. The number of hydrogen-bond donors (Lipinski definition) is 1. The van der Waals surface area contributed by atoms with Crippen LogP contribution in [0.3, 0.4) is 0 Å². The molecule has 0 radical (unpaired) electrons. The fourth-order valence-electron chi connectivity index (χ4n) is 3.26. The second-order valence-corrected chi connectivity index (χ2v) is 6.22. The normalized spacial score (nSPS) is 26.9. The molecule has 2 aliphatic rings. The zero-order valence-corrected chi connectivity index (χ0v) is 11.5. The molecule has 18 heavy (non-hydrogen) atoms. The van der Waals surface area contributed by atoms with Gasteiger partial charge in [0.2, 0.25) is 0 Å². The highest BCUT2D eigenvalue weighted by atomic mass is 15.2. The van der Waals surface area contributed by atoms with E-state index in [4.69, 9.17) is 5.73 Å². The second-order valence-electron chi connectivity index (χ2n) is 6.22. The van der Waals surface area contributed by atoms with Crippen LogP contribution >= 0.6 is 0 Å². The highest BCUT2D eigenvalue weighted by molar-refractivity contribution is 5.37. The minimum Gasteiger partial charge on any atom is -0.324 e. The third-order valence-corrected chi connectivity index (χ3v) is 4.46. The molecule has 2 atom stereocenters. The van der Waals surface area contributed by atoms with Crippen LogP contribution in [0.2, 0.25) is 0 Å². The van der Waals surface area contributed by atoms with Crippen LogP contribution in [-0.2, 0) is 0 Å². The van der Waals surface area contributed by atoms with Gasteiger partial charge in [0.1, 0.15) is 0 Å². The minimum atomic E-state index is 0.228. The van der Waals surface area contributed by atoms with E-state index in [0.29, 0.717) is 12.1 Å². The van der Waals surface area contributed by atoms with Gasteiger partial charge in [0.05, 0.1) is 0 Å². The lowest BCUT2D eigenvalue weighted by Crippen LogP contribution is -2.36. The molecule has 2 aliphatic carbocycles. The van der Waals surface area contributed by atoms with Gasteiger partial charge in [-0.1, -0.05) is 24.3 Å². The first-order chi connectivity index (χ1) is 8.66. The molecule has 1 fully saturated rings. The quantitative estimate of drug-likeness (QED) is 0.881. The Hall–Kier alpha value is -0.860. The van der Waals surface area contributed by atoms with E-state index >= 15 is 0 Å². The molecule has 2 nitrogen and oxygen atoms in total. The van der Waals surface area contributed by atoms with Crippen LogP contribution in [0.4, 0.5) is 0 Å². The van der Waals surface area contributed by atoms with Gasteiger partial charge in [-0.15, -0.1) is 0 Å². The predicted octanol–water partition coefficient (Wildman–Crippen LogP) is 3.25. The van der Waals surface area contributed by atoms with Crippen molar-refractivity contribution in [1.29, 1.82) is 0 Å². The first-order valence-electron chi connectivity index (χ1n) is 7.27. The van der Waals surface area contributed by atoms with E-state index in [-0.39, 0.29) is 6.04 Å². The van der Waals surface area contributed by atoms with Crippen LogP contribution < -0.4 is 5.73 Å². The third kappa shape index (κ3) is 2.19. The molecule has 2 N–H and O–H groups in total. The molecule has 98 valence electrons. The number of fused-ring (bicyclic) bond motifs is 1. The summed E-state index contributed by atoms with van der Waals surface area (Å²) >= 11 is 0. The first kappa shape index (κ1) is 12.2. The number of rotatable bonds is 4. The van der Waals surface area contributed by atoms with Crippen LogP contribution in [0.1, 0.15) is 56.3 Å². The summed E-state index contributed by atoms with van der Waals surface area (Å²) in [6.45, 7) is 5.88. The summed E-state index contributed by atoms with van der Waals surface area (Å²) in [5, 5.41) is 0. The number of nitrogens with zero attached hydrogens (tertiary/aromatic N) is 1. The Morgan fingerprint density at radius 2 is 1.89 bits per heavy atom. The van der Waals surface area contributed by atoms with E-state index < -0.39 is 0 Å². The second kappa shape index (κ2) is 4.67. The summed E-state index contributed by atoms with van der Waals surface area (Å²) in [4.78, 5) is 2.67. The molecule has 2 unspecified atom stereocenters. The largest absolute Gasteiger partial charge is 0.324 e. The molecule has 0 saturated heterocycles. The summed E-state index contributed by atoms with van der Waals surface area (Å²) in [5.74, 6) is 0.941. The molecule has 0 spiro atoms. The summed E-state index contributed by atoms with van der Waals surface area (Å²) in [6.07, 6.45) is 3.93. The molecule has 0 aliphatic heterocycles. The van der Waals surface area contributed by atoms with Gasteiger partial charge in [-0.3, -0.25) is 4.90 Å². The lowest BCUT2D eigenvalue weighted by molar-refractivity contribution is 0.142. The summed E-state index contributed by atoms with van der Waals surface area (Å²) < 4.78 is 0. The van der Waals surface area contributed by atoms with Crippen molar-refractivity contribution in [1.82, 2.24) is 4.90 Å². The highest BCUT2D eigenvalue weighted by Gasteiger charge is 2.36. The SMILES string of the molecule is CC(C)N(CC1CC1)C1CC(N)c2ccccc21. The molecule has 2 heteroatoms. The monoisotopic (exact) mass is 244 g/mol. The zero-order valence-electron chi connectivity index (χ0n) is 11.5. The third-order valence-electron chi connectivity index (χ3n) is 4.46. The smallest absolute Gasteiger partial charge is 0.0372 e. The van der Waals surface area contributed by atoms with Crippen molar-refractivity contribution >= 4 is 0 Å². The van der Waals surface area contributed by atoms with Gasteiger partial charge in [0.25, 0.3) is 0 Å². The van der Waals surface area contributed by atoms with E-state index in [9.17, 15) is 0 Å². The maximum Gasteiger partial charge on any atom is 0.0372 e. The summed E-state index contributed by atoms with van der Waals surface area (Å²) in [5.41, 5.74) is 9.13. The van der Waals surface area contributed by atoms with Gasteiger partial charge in [-0.05, 0) is 50.2 Å². The number of hydrogen-bond acceptors (Lipinski definition) is 2. The number of nitrogens with two attached hydrogens (primary N) is 1. The van der Waals surface area contributed by atoms with Crippen LogP contribution in [0.15, 0.2) is 24.3 Å². The highest BCUT2D eigenvalue weighted by Crippen LogP contribution is 2.43. The van der Waals surface area contributed by atoms with Crippen LogP contribution in [0.5, 0.6) is 0 Å². The molecular weight excluding hydrogens is 220 g/mol. The van der Waals surface area contributed by atoms with Gasteiger partial charge >= 0.3 is 0 Å². The Labute approximate surface area is 110 Å². The van der Waals surface area contributed by atoms with E-state index in [1.165, 1.54) is 30.5 Å². The zero-order chi connectivity index (χ0) is 12.7. The van der Waals surface area contributed by atoms with E-state index in [2.05, 4.69) is 43.0 Å². The van der Waals surface area contributed by atoms with E-state index in [0.717, 1.165) is 12.3 Å². The van der Waals surface area contributed by atoms with Gasteiger partial charge in [0, 0.05) is 24.7 Å². The lowest BCUT2D eigenvalue weighted by Gasteiger charge is -2.33. The summed E-state index contributed by atoms with van der Waals surface area (Å²) in [6, 6.07) is 10.1. The molecule has 0 aromatic heterocycles. The average Bonchev–Trinajstić information content (AvgIpc) is 3.12. The molecule has 1 aromatic rings. The van der Waals surface area contributed by atoms with Crippen molar-refractivity contribution in [3.05, 3.63) is 35.4 Å². The summed E-state index contributed by atoms with van der Waals surface area (Å²) in [7, 11) is 0. The van der Waals surface area contributed by atoms with Gasteiger partial charge in [-0.2, -0.15) is 0 Å². The number of benzene rings is 1.